The van der Waals surface area contributed by atoms with Crippen molar-refractivity contribution in [1.29, 1.82) is 0 Å². The maximum atomic E-state index is 13.7. The van der Waals surface area contributed by atoms with Crippen LogP contribution in [0.15, 0.2) is 34.0 Å². The topological polar surface area (TPSA) is 61.6 Å². The molecule has 2 heterocycles. The van der Waals surface area contributed by atoms with Gasteiger partial charge in [0, 0.05) is 46.3 Å². The third kappa shape index (κ3) is 6.11. The number of nitrogens with zero attached hydrogens (tertiary/aromatic N) is 6. The number of aliphatic imine (C=N–C) groups is 1. The Morgan fingerprint density at radius 2 is 2.04 bits per heavy atom. The molecule has 2 aromatic rings. The van der Waals surface area contributed by atoms with Gasteiger partial charge in [-0.25, -0.2) is 9.38 Å². The van der Waals surface area contributed by atoms with E-state index in [4.69, 9.17) is 4.99 Å². The first-order valence-electron chi connectivity index (χ1n) is 9.09. The highest BCUT2D eigenvalue weighted by Crippen LogP contribution is 2.18. The van der Waals surface area contributed by atoms with Crippen molar-refractivity contribution in [3.63, 3.8) is 0 Å². The average molecular weight is 566 g/mol. The lowest BCUT2D eigenvalue weighted by Crippen LogP contribution is -2.52. The van der Waals surface area contributed by atoms with Gasteiger partial charge >= 0.3 is 0 Å². The normalized spacial score (nSPS) is 15.4. The highest BCUT2D eigenvalue weighted by molar-refractivity contribution is 14.0. The van der Waals surface area contributed by atoms with Gasteiger partial charge in [-0.3, -0.25) is 4.90 Å². The maximum absolute atomic E-state index is 13.7. The monoisotopic (exact) mass is 565 g/mol. The summed E-state index contributed by atoms with van der Waals surface area (Å²) in [6.45, 7) is 7.71. The summed E-state index contributed by atoms with van der Waals surface area (Å²) in [7, 11) is 1.92. The lowest BCUT2D eigenvalue weighted by atomic mass is 10.2. The van der Waals surface area contributed by atoms with Gasteiger partial charge in [0.05, 0.1) is 4.47 Å². The summed E-state index contributed by atoms with van der Waals surface area (Å²) in [5.41, 5.74) is 0.993. The predicted molar refractivity (Wildman–Crippen MR) is 122 cm³/mol. The Kier molecular flexibility index (Phi) is 9.09. The number of aryl methyl sites for hydroxylation is 1. The van der Waals surface area contributed by atoms with Gasteiger partial charge in [0.1, 0.15) is 18.7 Å². The molecule has 0 saturated carbocycles. The molecule has 7 nitrogen and oxygen atoms in total. The number of hydrogen-bond acceptors (Lipinski definition) is 4. The molecule has 1 N–H and O–H groups in total. The standard InChI is InChI=1S/C18H25BrFN7.HI/c1-3-21-18(22-11-17-24-23-13-25(17)2)27-8-6-26(7-9-27)12-14-4-5-15(19)16(20)10-14;/h4-5,10,13H,3,6-9,11-12H2,1-2H3,(H,21,22);1H. The Morgan fingerprint density at radius 3 is 2.64 bits per heavy atom. The SMILES string of the molecule is CCNC(=NCc1nncn1C)N1CCN(Cc2ccc(Br)c(F)c2)CC1.I. The average Bonchev–Trinajstić information content (AvgIpc) is 3.07. The van der Waals surface area contributed by atoms with Crippen molar-refractivity contribution in [1.82, 2.24) is 29.9 Å². The minimum atomic E-state index is -0.212. The van der Waals surface area contributed by atoms with Crippen LogP contribution in [0, 0.1) is 5.82 Å². The molecule has 1 aliphatic heterocycles. The molecule has 0 amide bonds. The first kappa shape index (κ1) is 23.0. The molecule has 1 fully saturated rings. The molecule has 0 aliphatic carbocycles. The first-order chi connectivity index (χ1) is 13.1. The second-order valence-corrected chi connectivity index (χ2v) is 7.39. The Labute approximate surface area is 190 Å². The van der Waals surface area contributed by atoms with E-state index in [1.807, 2.05) is 17.7 Å². The van der Waals surface area contributed by atoms with Gasteiger partial charge in [-0.15, -0.1) is 34.2 Å². The summed E-state index contributed by atoms with van der Waals surface area (Å²) in [4.78, 5) is 9.31. The molecule has 0 bridgehead atoms. The number of benzene rings is 1. The van der Waals surface area contributed by atoms with Gasteiger partial charge in [-0.05, 0) is 40.5 Å². The highest BCUT2D eigenvalue weighted by Gasteiger charge is 2.20. The number of hydrogen-bond donors (Lipinski definition) is 1. The van der Waals surface area contributed by atoms with Gasteiger partial charge in [-0.1, -0.05) is 6.07 Å². The van der Waals surface area contributed by atoms with Gasteiger partial charge in [-0.2, -0.15) is 0 Å². The molecule has 0 unspecified atom stereocenters. The van der Waals surface area contributed by atoms with Crippen LogP contribution >= 0.6 is 39.9 Å². The smallest absolute Gasteiger partial charge is 0.194 e. The summed E-state index contributed by atoms with van der Waals surface area (Å²) in [6.07, 6.45) is 1.68. The molecular formula is C18H26BrFIN7. The van der Waals surface area contributed by atoms with E-state index in [2.05, 4.69) is 48.2 Å². The van der Waals surface area contributed by atoms with Crippen molar-refractivity contribution in [3.8, 4) is 0 Å². The fraction of sp³-hybridized carbons (Fsp3) is 0.500. The second kappa shape index (κ2) is 11.1. The van der Waals surface area contributed by atoms with Crippen LogP contribution < -0.4 is 5.32 Å². The zero-order chi connectivity index (χ0) is 19.2. The molecule has 0 radical (unpaired) electrons. The van der Waals surface area contributed by atoms with E-state index in [1.54, 1.807) is 18.5 Å². The van der Waals surface area contributed by atoms with Crippen LogP contribution in [0.25, 0.3) is 0 Å². The molecule has 28 heavy (non-hydrogen) atoms. The lowest BCUT2D eigenvalue weighted by molar-refractivity contribution is 0.172. The molecule has 1 aliphatic rings. The summed E-state index contributed by atoms with van der Waals surface area (Å²) in [6, 6.07) is 5.33. The van der Waals surface area contributed by atoms with E-state index in [9.17, 15) is 4.39 Å². The highest BCUT2D eigenvalue weighted by atomic mass is 127. The first-order valence-corrected chi connectivity index (χ1v) is 9.88. The summed E-state index contributed by atoms with van der Waals surface area (Å²) >= 11 is 3.20. The molecular weight excluding hydrogens is 540 g/mol. The zero-order valence-electron chi connectivity index (χ0n) is 16.1. The fourth-order valence-corrected chi connectivity index (χ4v) is 3.28. The lowest BCUT2D eigenvalue weighted by Gasteiger charge is -2.36. The molecule has 1 aromatic heterocycles. The van der Waals surface area contributed by atoms with Gasteiger partial charge in [0.2, 0.25) is 0 Å². The molecule has 3 rings (SSSR count). The van der Waals surface area contributed by atoms with Crippen LogP contribution in [0.4, 0.5) is 4.39 Å². The Morgan fingerprint density at radius 1 is 1.29 bits per heavy atom. The van der Waals surface area contributed by atoms with Crippen molar-refractivity contribution in [2.75, 3.05) is 32.7 Å². The molecule has 0 atom stereocenters. The number of aromatic nitrogens is 3. The van der Waals surface area contributed by atoms with Gasteiger partial charge < -0.3 is 14.8 Å². The zero-order valence-corrected chi connectivity index (χ0v) is 20.0. The van der Waals surface area contributed by atoms with E-state index in [-0.39, 0.29) is 29.8 Å². The third-order valence-corrected chi connectivity index (χ3v) is 5.22. The van der Waals surface area contributed by atoms with Crippen LogP contribution in [-0.4, -0.2) is 63.2 Å². The van der Waals surface area contributed by atoms with E-state index in [1.165, 1.54) is 0 Å². The Hall–Kier alpha value is -1.27. The number of halogens is 3. The maximum Gasteiger partial charge on any atom is 0.194 e. The number of nitrogens with one attached hydrogen (secondary N) is 1. The van der Waals surface area contributed by atoms with Crippen LogP contribution in [-0.2, 0) is 20.1 Å². The predicted octanol–water partition coefficient (Wildman–Crippen LogP) is 2.62. The van der Waals surface area contributed by atoms with Crippen LogP contribution in [0.2, 0.25) is 0 Å². The van der Waals surface area contributed by atoms with Crippen molar-refractivity contribution >= 4 is 45.9 Å². The molecule has 0 spiro atoms. The van der Waals surface area contributed by atoms with Crippen LogP contribution in [0.5, 0.6) is 0 Å². The molecule has 154 valence electrons. The third-order valence-electron chi connectivity index (χ3n) is 4.57. The van der Waals surface area contributed by atoms with Crippen LogP contribution in [0.1, 0.15) is 18.3 Å². The van der Waals surface area contributed by atoms with E-state index < -0.39 is 0 Å². The molecule has 10 heteroatoms. The van der Waals surface area contributed by atoms with E-state index in [0.717, 1.165) is 56.6 Å². The van der Waals surface area contributed by atoms with Gasteiger partial charge in [0.15, 0.2) is 11.8 Å². The summed E-state index contributed by atoms with van der Waals surface area (Å²) in [5, 5.41) is 11.3. The van der Waals surface area contributed by atoms with Crippen molar-refractivity contribution < 1.29 is 4.39 Å². The number of guanidine groups is 1. The minimum Gasteiger partial charge on any atom is -0.357 e. The number of piperazine rings is 1. The second-order valence-electron chi connectivity index (χ2n) is 6.54. The quantitative estimate of drug-likeness (QED) is 0.343. The Bertz CT molecular complexity index is 790. The fourth-order valence-electron chi connectivity index (χ4n) is 3.04. The minimum absolute atomic E-state index is 0. The van der Waals surface area contributed by atoms with Crippen molar-refractivity contribution in [2.24, 2.45) is 12.0 Å². The van der Waals surface area contributed by atoms with Crippen molar-refractivity contribution in [2.45, 2.75) is 20.0 Å². The van der Waals surface area contributed by atoms with E-state index >= 15 is 0 Å². The molecule has 1 saturated heterocycles. The number of rotatable bonds is 5. The van der Waals surface area contributed by atoms with Crippen molar-refractivity contribution in [3.05, 3.63) is 46.2 Å². The van der Waals surface area contributed by atoms with Crippen LogP contribution in [0.3, 0.4) is 0 Å². The van der Waals surface area contributed by atoms with E-state index in [0.29, 0.717) is 11.0 Å². The largest absolute Gasteiger partial charge is 0.357 e. The summed E-state index contributed by atoms with van der Waals surface area (Å²) < 4.78 is 16.1. The van der Waals surface area contributed by atoms with Gasteiger partial charge in [0.25, 0.3) is 0 Å². The Balaban J connectivity index is 0.00000280. The summed E-state index contributed by atoms with van der Waals surface area (Å²) in [5.74, 6) is 1.52. The molecule has 1 aromatic carbocycles.